The Bertz CT molecular complexity index is 1050. The summed E-state index contributed by atoms with van der Waals surface area (Å²) in [7, 11) is -3.65. The first-order chi connectivity index (χ1) is 14.4. The van der Waals surface area contributed by atoms with Gasteiger partial charge in [-0.3, -0.25) is 9.88 Å². The maximum atomic E-state index is 12.3. The number of pyridine rings is 1. The van der Waals surface area contributed by atoms with Crippen molar-refractivity contribution in [3.05, 3.63) is 47.3 Å². The zero-order valence-corrected chi connectivity index (χ0v) is 17.8. The number of anilines is 1. The number of nitrogens with one attached hydrogen (secondary N) is 2. The Kier molecular flexibility index (Phi) is 6.03. The molecule has 2 N–H and O–H groups in total. The van der Waals surface area contributed by atoms with E-state index >= 15 is 0 Å². The van der Waals surface area contributed by atoms with Crippen LogP contribution in [0.2, 0.25) is 0 Å². The molecule has 30 heavy (non-hydrogen) atoms. The van der Waals surface area contributed by atoms with Gasteiger partial charge in [0.15, 0.2) is 0 Å². The molecular formula is C21H26N4O4S. The van der Waals surface area contributed by atoms with Gasteiger partial charge in [-0.25, -0.2) is 17.9 Å². The fourth-order valence-electron chi connectivity index (χ4n) is 4.08. The van der Waals surface area contributed by atoms with Crippen LogP contribution in [0.1, 0.15) is 23.2 Å². The van der Waals surface area contributed by atoms with E-state index in [2.05, 4.69) is 21.3 Å². The summed E-state index contributed by atoms with van der Waals surface area (Å²) in [5.41, 5.74) is 5.69. The standard InChI is InChI=1S/C21H26N4O4S/c1-30(27,28)24-21(26)23-20-18-4-2-3-15(18)5-6-19(20)16-7-8-22-17(13-16)14-25-9-11-29-12-10-25/h5-8,13H,2-4,9-12,14H2,1H3,(H2,23,24,26). The van der Waals surface area contributed by atoms with Crippen molar-refractivity contribution in [1.82, 2.24) is 14.6 Å². The summed E-state index contributed by atoms with van der Waals surface area (Å²) in [6, 6.07) is 7.29. The van der Waals surface area contributed by atoms with Crippen LogP contribution in [0.15, 0.2) is 30.5 Å². The number of aromatic nitrogens is 1. The number of urea groups is 1. The highest BCUT2D eigenvalue weighted by molar-refractivity contribution is 7.89. The number of hydrogen-bond donors (Lipinski definition) is 2. The Labute approximate surface area is 176 Å². The van der Waals surface area contributed by atoms with Crippen LogP contribution in [0.3, 0.4) is 0 Å². The second kappa shape index (κ2) is 8.71. The molecule has 1 fully saturated rings. The fourth-order valence-corrected chi connectivity index (χ4v) is 4.47. The van der Waals surface area contributed by atoms with Gasteiger partial charge in [0.2, 0.25) is 10.0 Å². The van der Waals surface area contributed by atoms with Crippen LogP contribution in [0.25, 0.3) is 11.1 Å². The Balaban J connectivity index is 1.65. The van der Waals surface area contributed by atoms with Crippen LogP contribution in [-0.2, 0) is 34.1 Å². The minimum Gasteiger partial charge on any atom is -0.379 e. The topological polar surface area (TPSA) is 101 Å². The van der Waals surface area contributed by atoms with Crippen LogP contribution in [0.4, 0.5) is 10.5 Å². The number of sulfonamides is 1. The van der Waals surface area contributed by atoms with Crippen LogP contribution in [0.5, 0.6) is 0 Å². The van der Waals surface area contributed by atoms with Crippen molar-refractivity contribution in [1.29, 1.82) is 0 Å². The summed E-state index contributed by atoms with van der Waals surface area (Å²) in [6.07, 6.45) is 5.56. The molecule has 8 nitrogen and oxygen atoms in total. The van der Waals surface area contributed by atoms with Gasteiger partial charge in [0.1, 0.15) is 0 Å². The molecule has 0 saturated carbocycles. The molecule has 0 spiro atoms. The maximum Gasteiger partial charge on any atom is 0.332 e. The van der Waals surface area contributed by atoms with E-state index < -0.39 is 16.1 Å². The number of fused-ring (bicyclic) bond motifs is 1. The number of ether oxygens (including phenoxy) is 1. The lowest BCUT2D eigenvalue weighted by molar-refractivity contribution is 0.0336. The molecule has 1 aromatic heterocycles. The van der Waals surface area contributed by atoms with Crippen LogP contribution >= 0.6 is 0 Å². The largest absolute Gasteiger partial charge is 0.379 e. The molecule has 2 aromatic rings. The Hall–Kier alpha value is -2.49. The third kappa shape index (κ3) is 4.97. The van der Waals surface area contributed by atoms with E-state index in [4.69, 9.17) is 4.74 Å². The van der Waals surface area contributed by atoms with E-state index in [9.17, 15) is 13.2 Å². The smallest absolute Gasteiger partial charge is 0.332 e. The summed E-state index contributed by atoms with van der Waals surface area (Å²) < 4.78 is 30.3. The van der Waals surface area contributed by atoms with Gasteiger partial charge < -0.3 is 10.1 Å². The second-order valence-electron chi connectivity index (χ2n) is 7.73. The van der Waals surface area contributed by atoms with Crippen molar-refractivity contribution in [2.24, 2.45) is 0 Å². The molecular weight excluding hydrogens is 404 g/mol. The minimum atomic E-state index is -3.65. The van der Waals surface area contributed by atoms with E-state index in [1.54, 1.807) is 6.20 Å². The lowest BCUT2D eigenvalue weighted by atomic mass is 9.97. The highest BCUT2D eigenvalue weighted by Gasteiger charge is 2.21. The monoisotopic (exact) mass is 430 g/mol. The van der Waals surface area contributed by atoms with Crippen molar-refractivity contribution in [3.63, 3.8) is 0 Å². The van der Waals surface area contributed by atoms with E-state index in [1.165, 1.54) is 5.56 Å². The molecule has 1 aliphatic carbocycles. The van der Waals surface area contributed by atoms with Gasteiger partial charge in [-0.15, -0.1) is 0 Å². The van der Waals surface area contributed by atoms with Gasteiger partial charge in [-0.05, 0) is 48.1 Å². The zero-order chi connectivity index (χ0) is 21.1. The number of amides is 2. The molecule has 1 saturated heterocycles. The predicted molar refractivity (Wildman–Crippen MR) is 115 cm³/mol. The molecule has 0 radical (unpaired) electrons. The van der Waals surface area contributed by atoms with Crippen LogP contribution in [-0.4, -0.2) is 56.9 Å². The molecule has 0 bridgehead atoms. The molecule has 4 rings (SSSR count). The summed E-state index contributed by atoms with van der Waals surface area (Å²) in [6.45, 7) is 3.95. The Morgan fingerprint density at radius 1 is 1.20 bits per heavy atom. The SMILES string of the molecule is CS(=O)(=O)NC(=O)Nc1c(-c2ccnc(CN3CCOCC3)c2)ccc2c1CCC2. The number of morpholine rings is 1. The van der Waals surface area contributed by atoms with Crippen molar-refractivity contribution in [3.8, 4) is 11.1 Å². The van der Waals surface area contributed by atoms with Gasteiger partial charge in [-0.2, -0.15) is 0 Å². The predicted octanol–water partition coefficient (Wildman–Crippen LogP) is 2.15. The summed E-state index contributed by atoms with van der Waals surface area (Å²) in [4.78, 5) is 19.1. The molecule has 2 aliphatic rings. The molecule has 2 heterocycles. The highest BCUT2D eigenvalue weighted by Crippen LogP contribution is 2.37. The van der Waals surface area contributed by atoms with Crippen molar-refractivity contribution < 1.29 is 17.9 Å². The molecule has 0 unspecified atom stereocenters. The third-order valence-electron chi connectivity index (χ3n) is 5.42. The van der Waals surface area contributed by atoms with Crippen LogP contribution in [0, 0.1) is 0 Å². The number of carbonyl (C=O) groups is 1. The maximum absolute atomic E-state index is 12.3. The first-order valence-corrected chi connectivity index (χ1v) is 12.0. The number of benzene rings is 1. The third-order valence-corrected chi connectivity index (χ3v) is 5.97. The number of carbonyl (C=O) groups excluding carboxylic acids is 1. The summed E-state index contributed by atoms with van der Waals surface area (Å²) in [5, 5.41) is 2.79. The van der Waals surface area contributed by atoms with Gasteiger partial charge in [0, 0.05) is 31.4 Å². The van der Waals surface area contributed by atoms with Gasteiger partial charge in [-0.1, -0.05) is 12.1 Å². The van der Waals surface area contributed by atoms with Gasteiger partial charge >= 0.3 is 6.03 Å². The number of aryl methyl sites for hydroxylation is 1. The first-order valence-electron chi connectivity index (χ1n) is 10.1. The Morgan fingerprint density at radius 3 is 2.77 bits per heavy atom. The lowest BCUT2D eigenvalue weighted by Crippen LogP contribution is -2.35. The first kappa shape index (κ1) is 20.8. The van der Waals surface area contributed by atoms with Gasteiger partial charge in [0.05, 0.1) is 30.9 Å². The number of nitrogens with zero attached hydrogens (tertiary/aromatic N) is 2. The van der Waals surface area contributed by atoms with Gasteiger partial charge in [0.25, 0.3) is 0 Å². The average Bonchev–Trinajstić information content (AvgIpc) is 3.17. The zero-order valence-electron chi connectivity index (χ0n) is 17.0. The molecule has 9 heteroatoms. The van der Waals surface area contributed by atoms with Crippen molar-refractivity contribution in [2.75, 3.05) is 37.9 Å². The van der Waals surface area contributed by atoms with E-state index in [1.807, 2.05) is 22.9 Å². The molecule has 1 aromatic carbocycles. The van der Waals surface area contributed by atoms with E-state index in [0.717, 1.165) is 80.8 Å². The number of rotatable bonds is 5. The summed E-state index contributed by atoms with van der Waals surface area (Å²) in [5.74, 6) is 0. The van der Waals surface area contributed by atoms with E-state index in [0.29, 0.717) is 5.69 Å². The van der Waals surface area contributed by atoms with Crippen LogP contribution < -0.4 is 10.0 Å². The fraction of sp³-hybridized carbons (Fsp3) is 0.429. The molecule has 1 aliphatic heterocycles. The average molecular weight is 431 g/mol. The highest BCUT2D eigenvalue weighted by atomic mass is 32.2. The number of hydrogen-bond acceptors (Lipinski definition) is 6. The normalized spacial score (nSPS) is 16.8. The Morgan fingerprint density at radius 2 is 2.00 bits per heavy atom. The summed E-state index contributed by atoms with van der Waals surface area (Å²) >= 11 is 0. The minimum absolute atomic E-state index is 0.676. The van der Waals surface area contributed by atoms with Crippen molar-refractivity contribution >= 4 is 21.7 Å². The molecule has 0 atom stereocenters. The van der Waals surface area contributed by atoms with Crippen molar-refractivity contribution in [2.45, 2.75) is 25.8 Å². The lowest BCUT2D eigenvalue weighted by Gasteiger charge is -2.26. The van der Waals surface area contributed by atoms with E-state index in [-0.39, 0.29) is 0 Å². The molecule has 2 amide bonds. The second-order valence-corrected chi connectivity index (χ2v) is 9.48. The molecule has 160 valence electrons. The quantitative estimate of drug-likeness (QED) is 0.754.